The number of thiazole rings is 1. The van der Waals surface area contributed by atoms with E-state index in [9.17, 15) is 4.79 Å². The number of hydrazone groups is 1. The first-order valence-electron chi connectivity index (χ1n) is 8.33. The molecule has 1 heterocycles. The zero-order valence-corrected chi connectivity index (χ0v) is 15.3. The third-order valence-electron chi connectivity index (χ3n) is 3.20. The van der Waals surface area contributed by atoms with Gasteiger partial charge in [0, 0.05) is 5.38 Å². The summed E-state index contributed by atoms with van der Waals surface area (Å²) >= 11 is 1.39. The number of carbonyl (C=O) groups is 1. The number of aromatic nitrogens is 1. The number of esters is 1. The van der Waals surface area contributed by atoms with Crippen molar-refractivity contribution in [2.75, 3.05) is 18.6 Å². The third kappa shape index (κ3) is 6.93. The van der Waals surface area contributed by atoms with E-state index < -0.39 is 0 Å². The summed E-state index contributed by atoms with van der Waals surface area (Å²) in [4.78, 5) is 15.7. The summed E-state index contributed by atoms with van der Waals surface area (Å²) in [6, 6.07) is 7.75. The summed E-state index contributed by atoms with van der Waals surface area (Å²) in [7, 11) is 0. The van der Waals surface area contributed by atoms with Crippen LogP contribution in [0.5, 0.6) is 5.75 Å². The normalized spacial score (nSPS) is 10.8. The summed E-state index contributed by atoms with van der Waals surface area (Å²) in [6.45, 7) is 5.03. The minimum Gasteiger partial charge on any atom is -0.494 e. The lowest BCUT2D eigenvalue weighted by Crippen LogP contribution is -2.07. The van der Waals surface area contributed by atoms with E-state index in [1.807, 2.05) is 29.6 Å². The van der Waals surface area contributed by atoms with Crippen molar-refractivity contribution in [3.8, 4) is 5.75 Å². The number of rotatable bonds is 10. The number of nitrogens with one attached hydrogen (secondary N) is 1. The molecule has 7 heteroatoms. The van der Waals surface area contributed by atoms with Crippen molar-refractivity contribution in [2.24, 2.45) is 5.10 Å². The summed E-state index contributed by atoms with van der Waals surface area (Å²) in [5.41, 5.74) is 4.50. The first kappa shape index (κ1) is 18.9. The standard InChI is InChI=1S/C18H23N3O3S/c1-3-5-10-24-16-8-6-14(7-9-16)12-19-21-18-20-15(13-25-18)11-17(22)23-4-2/h6-9,12-13H,3-5,10-11H2,1-2H3,(H,20,21)/b19-12+. The maximum atomic E-state index is 11.4. The van der Waals surface area contributed by atoms with Gasteiger partial charge in [-0.15, -0.1) is 11.3 Å². The van der Waals surface area contributed by atoms with E-state index in [0.717, 1.165) is 30.8 Å². The summed E-state index contributed by atoms with van der Waals surface area (Å²) in [6.07, 6.45) is 4.06. The molecule has 0 saturated heterocycles. The van der Waals surface area contributed by atoms with Crippen LogP contribution < -0.4 is 10.2 Å². The Balaban J connectivity index is 1.80. The molecule has 0 aliphatic carbocycles. The molecule has 0 spiro atoms. The molecule has 0 unspecified atom stereocenters. The van der Waals surface area contributed by atoms with Gasteiger partial charge in [0.05, 0.1) is 31.5 Å². The van der Waals surface area contributed by atoms with Gasteiger partial charge in [0.2, 0.25) is 5.13 Å². The Bertz CT molecular complexity index is 683. The lowest BCUT2D eigenvalue weighted by molar-refractivity contribution is -0.142. The maximum absolute atomic E-state index is 11.4. The highest BCUT2D eigenvalue weighted by Gasteiger charge is 2.07. The number of benzene rings is 1. The fraction of sp³-hybridized carbons (Fsp3) is 0.389. The molecule has 6 nitrogen and oxygen atoms in total. The van der Waals surface area contributed by atoms with Crippen molar-refractivity contribution in [2.45, 2.75) is 33.1 Å². The largest absolute Gasteiger partial charge is 0.494 e. The van der Waals surface area contributed by atoms with Crippen molar-refractivity contribution in [1.29, 1.82) is 0 Å². The van der Waals surface area contributed by atoms with Crippen LogP contribution in [0.3, 0.4) is 0 Å². The second-order valence-electron chi connectivity index (χ2n) is 5.27. The van der Waals surface area contributed by atoms with Crippen molar-refractivity contribution in [3.05, 3.63) is 40.9 Å². The van der Waals surface area contributed by atoms with E-state index in [1.54, 1.807) is 13.1 Å². The molecule has 0 saturated carbocycles. The van der Waals surface area contributed by atoms with Gasteiger partial charge >= 0.3 is 5.97 Å². The summed E-state index contributed by atoms with van der Waals surface area (Å²) < 4.78 is 10.5. The average molecular weight is 361 g/mol. The third-order valence-corrected chi connectivity index (χ3v) is 4.00. The predicted octanol–water partition coefficient (Wildman–Crippen LogP) is 3.87. The van der Waals surface area contributed by atoms with Crippen LogP contribution in [0.4, 0.5) is 5.13 Å². The van der Waals surface area contributed by atoms with Gasteiger partial charge in [-0.1, -0.05) is 13.3 Å². The van der Waals surface area contributed by atoms with Gasteiger partial charge < -0.3 is 9.47 Å². The quantitative estimate of drug-likeness (QED) is 0.301. The minimum absolute atomic E-state index is 0.176. The SMILES string of the molecule is CCCCOc1ccc(/C=N/Nc2nc(CC(=O)OCC)cs2)cc1. The second-order valence-corrected chi connectivity index (χ2v) is 6.12. The highest BCUT2D eigenvalue weighted by atomic mass is 32.1. The Morgan fingerprint density at radius 1 is 1.32 bits per heavy atom. The zero-order valence-electron chi connectivity index (χ0n) is 14.5. The number of ether oxygens (including phenoxy) is 2. The van der Waals surface area contributed by atoms with Crippen LogP contribution in [0.15, 0.2) is 34.7 Å². The topological polar surface area (TPSA) is 72.8 Å². The average Bonchev–Trinajstić information content (AvgIpc) is 3.04. The van der Waals surface area contributed by atoms with Crippen molar-refractivity contribution in [1.82, 2.24) is 4.98 Å². The molecule has 134 valence electrons. The predicted molar refractivity (Wildman–Crippen MR) is 101 cm³/mol. The van der Waals surface area contributed by atoms with Crippen LogP contribution in [0.25, 0.3) is 0 Å². The molecule has 0 amide bonds. The molecule has 1 N–H and O–H groups in total. The van der Waals surface area contributed by atoms with E-state index in [1.165, 1.54) is 11.3 Å². The molecule has 0 atom stereocenters. The number of anilines is 1. The van der Waals surface area contributed by atoms with Gasteiger partial charge in [0.1, 0.15) is 5.75 Å². The van der Waals surface area contributed by atoms with Crippen LogP contribution >= 0.6 is 11.3 Å². The molecule has 0 aliphatic heterocycles. The van der Waals surface area contributed by atoms with Crippen LogP contribution in [-0.4, -0.2) is 30.4 Å². The highest BCUT2D eigenvalue weighted by molar-refractivity contribution is 7.13. The number of nitrogens with zero attached hydrogens (tertiary/aromatic N) is 2. The van der Waals surface area contributed by atoms with Crippen molar-refractivity contribution in [3.63, 3.8) is 0 Å². The van der Waals surface area contributed by atoms with Crippen LogP contribution in [0.1, 0.15) is 37.9 Å². The summed E-state index contributed by atoms with van der Waals surface area (Å²) in [5.74, 6) is 0.589. The molecular weight excluding hydrogens is 338 g/mol. The monoisotopic (exact) mass is 361 g/mol. The molecule has 2 aromatic rings. The van der Waals surface area contributed by atoms with E-state index in [4.69, 9.17) is 9.47 Å². The maximum Gasteiger partial charge on any atom is 0.311 e. The van der Waals surface area contributed by atoms with E-state index in [2.05, 4.69) is 22.4 Å². The number of hydrogen-bond acceptors (Lipinski definition) is 7. The first-order chi connectivity index (χ1) is 12.2. The van der Waals surface area contributed by atoms with Gasteiger partial charge in [0.25, 0.3) is 0 Å². The Morgan fingerprint density at radius 2 is 2.12 bits per heavy atom. The molecule has 0 aliphatic rings. The fourth-order valence-electron chi connectivity index (χ4n) is 1.95. The summed E-state index contributed by atoms with van der Waals surface area (Å²) in [5, 5.41) is 6.61. The number of hydrogen-bond donors (Lipinski definition) is 1. The van der Waals surface area contributed by atoms with E-state index in [0.29, 0.717) is 17.4 Å². The Hall–Kier alpha value is -2.41. The number of carbonyl (C=O) groups excluding carboxylic acids is 1. The molecule has 1 aromatic carbocycles. The minimum atomic E-state index is -0.274. The van der Waals surface area contributed by atoms with Gasteiger partial charge in [-0.2, -0.15) is 5.10 Å². The lowest BCUT2D eigenvalue weighted by Gasteiger charge is -2.04. The zero-order chi connectivity index (χ0) is 17.9. The second kappa shape index (κ2) is 10.5. The van der Waals surface area contributed by atoms with Crippen molar-refractivity contribution >= 4 is 28.7 Å². The van der Waals surface area contributed by atoms with E-state index >= 15 is 0 Å². The van der Waals surface area contributed by atoms with Crippen molar-refractivity contribution < 1.29 is 14.3 Å². The Labute approximate surface area is 151 Å². The van der Waals surface area contributed by atoms with E-state index in [-0.39, 0.29) is 12.4 Å². The van der Waals surface area contributed by atoms with Crippen LogP contribution in [0.2, 0.25) is 0 Å². The highest BCUT2D eigenvalue weighted by Crippen LogP contribution is 2.16. The van der Waals surface area contributed by atoms with Gasteiger partial charge in [0.15, 0.2) is 0 Å². The number of unbranched alkanes of at least 4 members (excludes halogenated alkanes) is 1. The lowest BCUT2D eigenvalue weighted by atomic mass is 10.2. The first-order valence-corrected chi connectivity index (χ1v) is 9.21. The van der Waals surface area contributed by atoms with Gasteiger partial charge in [-0.05, 0) is 43.2 Å². The Kier molecular flexibility index (Phi) is 7.91. The van der Waals surface area contributed by atoms with Gasteiger partial charge in [-0.3, -0.25) is 10.2 Å². The molecule has 0 fully saturated rings. The molecule has 2 rings (SSSR count). The van der Waals surface area contributed by atoms with Crippen LogP contribution in [-0.2, 0) is 16.0 Å². The van der Waals surface area contributed by atoms with Crippen LogP contribution in [0, 0.1) is 0 Å². The molecular formula is C18H23N3O3S. The molecule has 0 radical (unpaired) electrons. The molecule has 25 heavy (non-hydrogen) atoms. The molecule has 1 aromatic heterocycles. The molecule has 0 bridgehead atoms. The Morgan fingerprint density at radius 3 is 2.84 bits per heavy atom. The van der Waals surface area contributed by atoms with Gasteiger partial charge in [-0.25, -0.2) is 4.98 Å². The fourth-order valence-corrected chi connectivity index (χ4v) is 2.60. The smallest absolute Gasteiger partial charge is 0.311 e.